The smallest absolute Gasteiger partial charge is 0.292 e. The summed E-state index contributed by atoms with van der Waals surface area (Å²) in [4.78, 5) is 21.9. The lowest BCUT2D eigenvalue weighted by atomic mass is 10.2. The highest BCUT2D eigenvalue weighted by Gasteiger charge is 2.24. The zero-order chi connectivity index (χ0) is 13.1. The average molecular weight is 253 g/mol. The van der Waals surface area contributed by atoms with Gasteiger partial charge in [0.1, 0.15) is 11.5 Å². The van der Waals surface area contributed by atoms with Crippen molar-refractivity contribution in [2.75, 3.05) is 11.9 Å². The Hall–Kier alpha value is -2.02. The molecule has 0 spiro atoms. The maximum absolute atomic E-state index is 13.0. The first-order valence-electron chi connectivity index (χ1n) is 5.56. The molecule has 2 N–H and O–H groups in total. The minimum atomic E-state index is -0.656. The van der Waals surface area contributed by atoms with Crippen molar-refractivity contribution >= 4 is 17.3 Å². The minimum absolute atomic E-state index is 0.112. The molecule has 2 rings (SSSR count). The molecule has 1 fully saturated rings. The molecule has 1 saturated heterocycles. The fourth-order valence-electron chi connectivity index (χ4n) is 1.90. The number of rotatable bonds is 3. The lowest BCUT2D eigenvalue weighted by molar-refractivity contribution is -0.384. The monoisotopic (exact) mass is 253 g/mol. The molecule has 0 aliphatic carbocycles. The van der Waals surface area contributed by atoms with Crippen LogP contribution in [0.15, 0.2) is 18.2 Å². The summed E-state index contributed by atoms with van der Waals surface area (Å²) in [7, 11) is 0. The van der Waals surface area contributed by atoms with Crippen molar-refractivity contribution < 1.29 is 14.1 Å². The van der Waals surface area contributed by atoms with E-state index in [4.69, 9.17) is 0 Å². The number of amides is 1. The first kappa shape index (κ1) is 12.4. The lowest BCUT2D eigenvalue weighted by Crippen LogP contribution is -2.35. The molecule has 96 valence electrons. The molecule has 1 aliphatic rings. The van der Waals surface area contributed by atoms with E-state index in [-0.39, 0.29) is 23.3 Å². The number of nitrogens with zero attached hydrogens (tertiary/aromatic N) is 1. The number of benzene rings is 1. The van der Waals surface area contributed by atoms with Gasteiger partial charge in [-0.25, -0.2) is 4.39 Å². The van der Waals surface area contributed by atoms with Crippen LogP contribution in [-0.2, 0) is 4.79 Å². The highest BCUT2D eigenvalue weighted by molar-refractivity contribution is 5.96. The number of hydrogen-bond acceptors (Lipinski definition) is 4. The van der Waals surface area contributed by atoms with Crippen LogP contribution in [-0.4, -0.2) is 23.4 Å². The summed E-state index contributed by atoms with van der Waals surface area (Å²) in [5.41, 5.74) is -0.429. The Morgan fingerprint density at radius 2 is 2.33 bits per heavy atom. The van der Waals surface area contributed by atoms with Crippen molar-refractivity contribution in [3.8, 4) is 0 Å². The van der Waals surface area contributed by atoms with Crippen LogP contribution in [0.1, 0.15) is 12.8 Å². The Kier molecular flexibility index (Phi) is 3.52. The van der Waals surface area contributed by atoms with Crippen molar-refractivity contribution in [1.82, 2.24) is 5.32 Å². The summed E-state index contributed by atoms with van der Waals surface area (Å²) in [5, 5.41) is 16.1. The molecule has 7 heteroatoms. The second-order valence-electron chi connectivity index (χ2n) is 4.06. The zero-order valence-corrected chi connectivity index (χ0v) is 9.48. The van der Waals surface area contributed by atoms with Crippen LogP contribution in [0.25, 0.3) is 0 Å². The van der Waals surface area contributed by atoms with E-state index >= 15 is 0 Å². The van der Waals surface area contributed by atoms with Crippen LogP contribution in [0.4, 0.5) is 15.8 Å². The molecule has 1 atom stereocenters. The summed E-state index contributed by atoms with van der Waals surface area (Å²) in [6.07, 6.45) is 1.55. The van der Waals surface area contributed by atoms with Gasteiger partial charge in [-0.3, -0.25) is 14.9 Å². The van der Waals surface area contributed by atoms with Gasteiger partial charge in [0, 0.05) is 12.1 Å². The summed E-state index contributed by atoms with van der Waals surface area (Å²) in [6, 6.07) is 2.60. The fraction of sp³-hybridized carbons (Fsp3) is 0.364. The molecule has 0 unspecified atom stereocenters. The molecule has 1 aromatic rings. The van der Waals surface area contributed by atoms with E-state index in [9.17, 15) is 19.3 Å². The van der Waals surface area contributed by atoms with Gasteiger partial charge in [-0.05, 0) is 25.5 Å². The molecule has 1 aliphatic heterocycles. The fourth-order valence-corrected chi connectivity index (χ4v) is 1.90. The molecule has 0 aromatic heterocycles. The second-order valence-corrected chi connectivity index (χ2v) is 4.06. The number of halogens is 1. The van der Waals surface area contributed by atoms with Crippen LogP contribution in [0.3, 0.4) is 0 Å². The van der Waals surface area contributed by atoms with Crippen LogP contribution in [0.5, 0.6) is 0 Å². The molecule has 18 heavy (non-hydrogen) atoms. The number of carbonyl (C=O) groups is 1. The third-order valence-corrected chi connectivity index (χ3v) is 2.79. The van der Waals surface area contributed by atoms with Gasteiger partial charge in [-0.1, -0.05) is 0 Å². The summed E-state index contributed by atoms with van der Waals surface area (Å²) >= 11 is 0. The third-order valence-electron chi connectivity index (χ3n) is 2.79. The molecule has 1 amide bonds. The first-order chi connectivity index (χ1) is 8.58. The Labute approximate surface area is 102 Å². The Bertz CT molecular complexity index is 486. The van der Waals surface area contributed by atoms with Crippen LogP contribution in [0.2, 0.25) is 0 Å². The Balaban J connectivity index is 2.19. The number of carbonyl (C=O) groups excluding carboxylic acids is 1. The summed E-state index contributed by atoms with van der Waals surface area (Å²) in [6.45, 7) is 0.739. The Morgan fingerprint density at radius 3 is 2.94 bits per heavy atom. The van der Waals surface area contributed by atoms with Crippen molar-refractivity contribution in [2.24, 2.45) is 0 Å². The van der Waals surface area contributed by atoms with Crippen molar-refractivity contribution in [1.29, 1.82) is 0 Å². The topological polar surface area (TPSA) is 84.3 Å². The van der Waals surface area contributed by atoms with Crippen molar-refractivity contribution in [2.45, 2.75) is 18.9 Å². The summed E-state index contributed by atoms with van der Waals surface area (Å²) < 4.78 is 13.0. The first-order valence-corrected chi connectivity index (χ1v) is 5.56. The van der Waals surface area contributed by atoms with E-state index < -0.39 is 10.7 Å². The van der Waals surface area contributed by atoms with E-state index in [2.05, 4.69) is 10.6 Å². The SMILES string of the molecule is O=C(Nc1cc(F)ccc1[N+](=O)[O-])[C@H]1CCCN1. The van der Waals surface area contributed by atoms with E-state index in [0.29, 0.717) is 6.42 Å². The molecule has 1 heterocycles. The number of nitro groups is 1. The average Bonchev–Trinajstić information content (AvgIpc) is 2.81. The van der Waals surface area contributed by atoms with Crippen molar-refractivity contribution in [3.05, 3.63) is 34.1 Å². The van der Waals surface area contributed by atoms with Gasteiger partial charge in [0.05, 0.1) is 11.0 Å². The standard InChI is InChI=1S/C11H12FN3O3/c12-7-3-4-10(15(17)18)9(6-7)14-11(16)8-2-1-5-13-8/h3-4,6,8,13H,1-2,5H2,(H,14,16)/t8-/m1/s1. The van der Waals surface area contributed by atoms with Gasteiger partial charge in [0.15, 0.2) is 0 Å². The molecular weight excluding hydrogens is 241 g/mol. The lowest BCUT2D eigenvalue weighted by Gasteiger charge is -2.11. The molecule has 1 aromatic carbocycles. The van der Waals surface area contributed by atoms with Gasteiger partial charge >= 0.3 is 0 Å². The number of anilines is 1. The normalized spacial score (nSPS) is 18.6. The van der Waals surface area contributed by atoms with E-state index in [0.717, 1.165) is 31.2 Å². The quantitative estimate of drug-likeness (QED) is 0.630. The molecular formula is C11H12FN3O3. The number of hydrogen-bond donors (Lipinski definition) is 2. The zero-order valence-electron chi connectivity index (χ0n) is 9.48. The highest BCUT2D eigenvalue weighted by atomic mass is 19.1. The predicted molar refractivity (Wildman–Crippen MR) is 62.7 cm³/mol. The second kappa shape index (κ2) is 5.09. The summed E-state index contributed by atoms with van der Waals surface area (Å²) in [5.74, 6) is -1.00. The molecule has 0 saturated carbocycles. The Morgan fingerprint density at radius 1 is 1.56 bits per heavy atom. The van der Waals surface area contributed by atoms with Gasteiger partial charge in [-0.2, -0.15) is 0 Å². The molecule has 0 bridgehead atoms. The van der Waals surface area contributed by atoms with Crippen LogP contribution >= 0.6 is 0 Å². The van der Waals surface area contributed by atoms with E-state index in [1.54, 1.807) is 0 Å². The molecule has 6 nitrogen and oxygen atoms in total. The van der Waals surface area contributed by atoms with Gasteiger partial charge in [-0.15, -0.1) is 0 Å². The highest BCUT2D eigenvalue weighted by Crippen LogP contribution is 2.25. The minimum Gasteiger partial charge on any atom is -0.319 e. The van der Waals surface area contributed by atoms with Gasteiger partial charge in [0.25, 0.3) is 5.69 Å². The largest absolute Gasteiger partial charge is 0.319 e. The van der Waals surface area contributed by atoms with Crippen LogP contribution < -0.4 is 10.6 Å². The third kappa shape index (κ3) is 2.62. The maximum Gasteiger partial charge on any atom is 0.292 e. The molecule has 0 radical (unpaired) electrons. The van der Waals surface area contributed by atoms with E-state index in [1.807, 2.05) is 0 Å². The van der Waals surface area contributed by atoms with Crippen LogP contribution in [0, 0.1) is 15.9 Å². The maximum atomic E-state index is 13.0. The van der Waals surface area contributed by atoms with Gasteiger partial charge in [0.2, 0.25) is 5.91 Å². The van der Waals surface area contributed by atoms with Gasteiger partial charge < -0.3 is 10.6 Å². The predicted octanol–water partition coefficient (Wildman–Crippen LogP) is 1.42. The van der Waals surface area contributed by atoms with E-state index in [1.165, 1.54) is 0 Å². The number of nitrogens with one attached hydrogen (secondary N) is 2. The van der Waals surface area contributed by atoms with Crippen molar-refractivity contribution in [3.63, 3.8) is 0 Å². The number of nitro benzene ring substituents is 1.